The molecule has 0 aliphatic rings. The Bertz CT molecular complexity index is 1120. The van der Waals surface area contributed by atoms with Gasteiger partial charge in [0.05, 0.1) is 16.2 Å². The third kappa shape index (κ3) is 3.53. The highest BCUT2D eigenvalue weighted by molar-refractivity contribution is 7.98. The first-order valence-corrected chi connectivity index (χ1v) is 10.6. The Balaban J connectivity index is 2.31. The average Bonchev–Trinajstić information content (AvgIpc) is 2.96. The Morgan fingerprint density at radius 3 is 2.48 bits per heavy atom. The molecule has 0 aliphatic heterocycles. The molecule has 0 aromatic carbocycles. The molecule has 144 valence electrons. The first kappa shape index (κ1) is 19.6. The Kier molecular flexibility index (Phi) is 4.93. The van der Waals surface area contributed by atoms with Crippen molar-refractivity contribution < 1.29 is 21.6 Å². The summed E-state index contributed by atoms with van der Waals surface area (Å²) in [6, 6.07) is 2.38. The van der Waals surface area contributed by atoms with Crippen molar-refractivity contribution in [3.8, 4) is 11.5 Å². The van der Waals surface area contributed by atoms with Crippen LogP contribution in [-0.4, -0.2) is 39.9 Å². The van der Waals surface area contributed by atoms with Gasteiger partial charge in [0.2, 0.25) is 0 Å². The summed E-state index contributed by atoms with van der Waals surface area (Å²) in [4.78, 5) is 12.8. The minimum atomic E-state index is -4.70. The van der Waals surface area contributed by atoms with E-state index < -0.39 is 26.5 Å². The van der Waals surface area contributed by atoms with Crippen LogP contribution in [0.25, 0.3) is 22.7 Å². The van der Waals surface area contributed by atoms with E-state index >= 15 is 0 Å². The van der Waals surface area contributed by atoms with Gasteiger partial charge in [-0.05, 0) is 18.4 Å². The fraction of sp³-hybridized carbons (Fsp3) is 0.312. The van der Waals surface area contributed by atoms with Crippen LogP contribution in [-0.2, 0) is 23.1 Å². The summed E-state index contributed by atoms with van der Waals surface area (Å²) in [5.41, 5.74) is -0.277. The zero-order valence-corrected chi connectivity index (χ0v) is 16.2. The summed E-state index contributed by atoms with van der Waals surface area (Å²) >= 11 is 1.46. The molecule has 0 spiro atoms. The lowest BCUT2D eigenvalue weighted by atomic mass is 10.2. The number of aromatic nitrogens is 4. The number of halogens is 3. The van der Waals surface area contributed by atoms with Gasteiger partial charge in [-0.15, -0.1) is 11.8 Å². The molecule has 0 saturated carbocycles. The van der Waals surface area contributed by atoms with Gasteiger partial charge in [-0.2, -0.15) is 13.2 Å². The number of hydrogen-bond acceptors (Lipinski definition) is 6. The van der Waals surface area contributed by atoms with Crippen molar-refractivity contribution in [1.82, 2.24) is 19.5 Å². The third-order valence-electron chi connectivity index (χ3n) is 4.03. The third-order valence-corrected chi connectivity index (χ3v) is 6.46. The monoisotopic (exact) mass is 416 g/mol. The highest BCUT2D eigenvalue weighted by atomic mass is 32.2. The zero-order valence-electron chi connectivity index (χ0n) is 14.6. The predicted molar refractivity (Wildman–Crippen MR) is 96.2 cm³/mol. The SMILES string of the molecule is CCS(=O)(=O)c1cc(C(F)(F)F)cnc1-c1nc2cc(SC)cnc2n1C. The van der Waals surface area contributed by atoms with Gasteiger partial charge in [0.15, 0.2) is 21.3 Å². The van der Waals surface area contributed by atoms with E-state index in [1.807, 2.05) is 6.26 Å². The molecule has 0 unspecified atom stereocenters. The lowest BCUT2D eigenvalue weighted by molar-refractivity contribution is -0.138. The summed E-state index contributed by atoms with van der Waals surface area (Å²) in [5.74, 6) is -0.224. The Hall–Kier alpha value is -2.14. The standard InChI is InChI=1S/C16H15F3N4O2S2/c1-4-27(24,25)12-5-9(16(17,18)19)7-20-13(12)15-22-11-6-10(26-3)8-21-14(11)23(15)2/h5-8H,4H2,1-3H3. The number of rotatable bonds is 4. The van der Waals surface area contributed by atoms with Crippen molar-refractivity contribution >= 4 is 32.8 Å². The molecule has 0 amide bonds. The molecule has 6 nitrogen and oxygen atoms in total. The van der Waals surface area contributed by atoms with E-state index in [0.717, 1.165) is 4.90 Å². The van der Waals surface area contributed by atoms with Crippen molar-refractivity contribution in [2.45, 2.75) is 22.9 Å². The summed E-state index contributed by atoms with van der Waals surface area (Å²) in [5, 5.41) is 0. The topological polar surface area (TPSA) is 77.7 Å². The molecule has 0 N–H and O–H groups in total. The maximum absolute atomic E-state index is 13.1. The molecule has 0 saturated heterocycles. The van der Waals surface area contributed by atoms with E-state index in [-0.39, 0.29) is 17.3 Å². The van der Waals surface area contributed by atoms with Crippen molar-refractivity contribution in [3.05, 3.63) is 30.1 Å². The second kappa shape index (κ2) is 6.79. The first-order valence-electron chi connectivity index (χ1n) is 7.75. The number of pyridine rings is 2. The van der Waals surface area contributed by atoms with Gasteiger partial charge >= 0.3 is 6.18 Å². The van der Waals surface area contributed by atoms with Crippen LogP contribution < -0.4 is 0 Å². The number of hydrogen-bond donors (Lipinski definition) is 0. The number of alkyl halides is 3. The van der Waals surface area contributed by atoms with Gasteiger partial charge < -0.3 is 4.57 Å². The zero-order chi connectivity index (χ0) is 20.0. The normalized spacial score (nSPS) is 12.7. The molecular weight excluding hydrogens is 401 g/mol. The van der Waals surface area contributed by atoms with Gasteiger partial charge in [0.1, 0.15) is 11.2 Å². The first-order chi connectivity index (χ1) is 12.6. The number of aryl methyl sites for hydroxylation is 1. The lowest BCUT2D eigenvalue weighted by Gasteiger charge is -2.12. The van der Waals surface area contributed by atoms with Crippen LogP contribution in [0.1, 0.15) is 12.5 Å². The fourth-order valence-corrected chi connectivity index (χ4v) is 3.98. The Labute approximate surface area is 157 Å². The largest absolute Gasteiger partial charge is 0.417 e. The highest BCUT2D eigenvalue weighted by Crippen LogP contribution is 2.34. The van der Waals surface area contributed by atoms with Gasteiger partial charge in [0.25, 0.3) is 0 Å². The quantitative estimate of drug-likeness (QED) is 0.605. The fourth-order valence-electron chi connectivity index (χ4n) is 2.54. The van der Waals surface area contributed by atoms with Crippen LogP contribution in [0.2, 0.25) is 0 Å². The van der Waals surface area contributed by atoms with E-state index in [1.54, 1.807) is 19.3 Å². The molecule has 3 aromatic rings. The van der Waals surface area contributed by atoms with Crippen LogP contribution in [0.5, 0.6) is 0 Å². The molecule has 3 rings (SSSR count). The van der Waals surface area contributed by atoms with Crippen molar-refractivity contribution in [2.75, 3.05) is 12.0 Å². The molecule has 0 radical (unpaired) electrons. The van der Waals surface area contributed by atoms with Crippen molar-refractivity contribution in [1.29, 1.82) is 0 Å². The minimum absolute atomic E-state index is 0.129. The summed E-state index contributed by atoms with van der Waals surface area (Å²) in [7, 11) is -2.36. The number of imidazole rings is 1. The second-order valence-electron chi connectivity index (χ2n) is 5.68. The minimum Gasteiger partial charge on any atom is -0.310 e. The lowest BCUT2D eigenvalue weighted by Crippen LogP contribution is -2.13. The van der Waals surface area contributed by atoms with Crippen LogP contribution in [0.4, 0.5) is 13.2 Å². The number of thioether (sulfide) groups is 1. The molecule has 0 bridgehead atoms. The van der Waals surface area contributed by atoms with Crippen LogP contribution in [0, 0.1) is 0 Å². The van der Waals surface area contributed by atoms with Gasteiger partial charge in [-0.25, -0.2) is 18.4 Å². The summed E-state index contributed by atoms with van der Waals surface area (Å²) in [6.07, 6.45) is -0.576. The van der Waals surface area contributed by atoms with E-state index in [0.29, 0.717) is 23.4 Å². The maximum Gasteiger partial charge on any atom is 0.417 e. The number of nitrogens with zero attached hydrogens (tertiary/aromatic N) is 4. The van der Waals surface area contributed by atoms with E-state index in [9.17, 15) is 21.6 Å². The van der Waals surface area contributed by atoms with Gasteiger partial charge in [-0.3, -0.25) is 4.98 Å². The van der Waals surface area contributed by atoms with Crippen LogP contribution in [0.3, 0.4) is 0 Å². The van der Waals surface area contributed by atoms with Crippen LogP contribution >= 0.6 is 11.8 Å². The van der Waals surface area contributed by atoms with E-state index in [4.69, 9.17) is 0 Å². The molecule has 0 fully saturated rings. The van der Waals surface area contributed by atoms with Gasteiger partial charge in [-0.1, -0.05) is 6.92 Å². The van der Waals surface area contributed by atoms with E-state index in [1.165, 1.54) is 23.3 Å². The second-order valence-corrected chi connectivity index (χ2v) is 8.81. The molecule has 27 heavy (non-hydrogen) atoms. The number of sulfone groups is 1. The molecular formula is C16H15F3N4O2S2. The average molecular weight is 416 g/mol. The Morgan fingerprint density at radius 2 is 1.89 bits per heavy atom. The highest BCUT2D eigenvalue weighted by Gasteiger charge is 2.34. The molecule has 3 heterocycles. The smallest absolute Gasteiger partial charge is 0.310 e. The van der Waals surface area contributed by atoms with Crippen molar-refractivity contribution in [2.24, 2.45) is 7.05 Å². The maximum atomic E-state index is 13.1. The predicted octanol–water partition coefficient (Wildman–Crippen LogP) is 3.56. The summed E-state index contributed by atoms with van der Waals surface area (Å²) < 4.78 is 65.6. The molecule has 11 heteroatoms. The Morgan fingerprint density at radius 1 is 1.19 bits per heavy atom. The summed E-state index contributed by atoms with van der Waals surface area (Å²) in [6.45, 7) is 1.36. The van der Waals surface area contributed by atoms with Crippen LogP contribution in [0.15, 0.2) is 34.3 Å². The molecule has 3 aromatic heterocycles. The molecule has 0 atom stereocenters. The van der Waals surface area contributed by atoms with Gasteiger partial charge in [0, 0.05) is 24.3 Å². The molecule has 0 aliphatic carbocycles. The number of fused-ring (bicyclic) bond motifs is 1. The van der Waals surface area contributed by atoms with E-state index in [2.05, 4.69) is 15.0 Å². The van der Waals surface area contributed by atoms with Crippen molar-refractivity contribution in [3.63, 3.8) is 0 Å².